The van der Waals surface area contributed by atoms with E-state index in [4.69, 9.17) is 9.15 Å². The number of Topliss-reactive ketones (excluding diaryl/α,β-unsaturated/α-hetero) is 1. The van der Waals surface area contributed by atoms with Crippen LogP contribution >= 0.6 is 0 Å². The first-order valence-corrected chi connectivity index (χ1v) is 11.0. The largest absolute Gasteiger partial charge is 0.503 e. The summed E-state index contributed by atoms with van der Waals surface area (Å²) in [6, 6.07) is 11.4. The summed E-state index contributed by atoms with van der Waals surface area (Å²) in [5.41, 5.74) is 0.585. The van der Waals surface area contributed by atoms with Crippen LogP contribution in [0, 0.1) is 10.1 Å². The summed E-state index contributed by atoms with van der Waals surface area (Å²) in [5.74, 6) is -1.59. The van der Waals surface area contributed by atoms with Crippen molar-refractivity contribution in [2.75, 3.05) is 34.3 Å². The topological polar surface area (TPSA) is 126 Å². The molecule has 0 bridgehead atoms. The Hall–Kier alpha value is -4.18. The average molecular weight is 479 g/mol. The quantitative estimate of drug-likeness (QED) is 0.278. The van der Waals surface area contributed by atoms with Gasteiger partial charge in [-0.25, -0.2) is 0 Å². The first-order chi connectivity index (χ1) is 16.7. The van der Waals surface area contributed by atoms with E-state index in [1.165, 1.54) is 42.3 Å². The highest BCUT2D eigenvalue weighted by Crippen LogP contribution is 2.40. The minimum atomic E-state index is -0.923. The van der Waals surface area contributed by atoms with Crippen LogP contribution in [0.5, 0.6) is 5.75 Å². The molecular formula is C25H25N3O7. The van der Waals surface area contributed by atoms with Crippen LogP contribution in [0.15, 0.2) is 64.3 Å². The molecule has 1 aromatic heterocycles. The van der Waals surface area contributed by atoms with Crippen molar-refractivity contribution in [1.29, 1.82) is 0 Å². The first kappa shape index (κ1) is 24.0. The van der Waals surface area contributed by atoms with Crippen molar-refractivity contribution in [3.63, 3.8) is 0 Å². The van der Waals surface area contributed by atoms with Crippen molar-refractivity contribution in [2.45, 2.75) is 12.5 Å². The molecule has 10 heteroatoms. The fourth-order valence-electron chi connectivity index (χ4n) is 4.24. The van der Waals surface area contributed by atoms with Gasteiger partial charge in [0.15, 0.2) is 22.9 Å². The minimum Gasteiger partial charge on any atom is -0.503 e. The molecule has 2 aromatic carbocycles. The van der Waals surface area contributed by atoms with Gasteiger partial charge < -0.3 is 24.1 Å². The molecule has 0 saturated heterocycles. The highest BCUT2D eigenvalue weighted by Gasteiger charge is 2.44. The van der Waals surface area contributed by atoms with Gasteiger partial charge in [0.1, 0.15) is 0 Å². The second-order valence-corrected chi connectivity index (χ2v) is 8.49. The molecule has 35 heavy (non-hydrogen) atoms. The van der Waals surface area contributed by atoms with Gasteiger partial charge in [0.2, 0.25) is 5.78 Å². The van der Waals surface area contributed by atoms with Gasteiger partial charge in [0, 0.05) is 24.1 Å². The van der Waals surface area contributed by atoms with Crippen LogP contribution in [0.4, 0.5) is 5.69 Å². The SMILES string of the molecule is COc1cccc2cc(C(=O)C3=C(O)C(=O)N(CCCN(C)C)[C@@H]3c3ccc([N+](=O)[O-])cc3)oc12. The van der Waals surface area contributed by atoms with Crippen molar-refractivity contribution < 1.29 is 28.8 Å². The number of hydrogen-bond acceptors (Lipinski definition) is 8. The number of ether oxygens (including phenoxy) is 1. The average Bonchev–Trinajstić information content (AvgIpc) is 3.38. The molecule has 1 aliphatic heterocycles. The van der Waals surface area contributed by atoms with Crippen molar-refractivity contribution in [3.05, 3.63) is 81.3 Å². The van der Waals surface area contributed by atoms with E-state index in [0.29, 0.717) is 35.2 Å². The number of aliphatic hydroxyl groups is 1. The summed E-state index contributed by atoms with van der Waals surface area (Å²) in [7, 11) is 5.29. The van der Waals surface area contributed by atoms with E-state index in [-0.39, 0.29) is 23.6 Å². The highest BCUT2D eigenvalue weighted by molar-refractivity contribution is 6.16. The van der Waals surface area contributed by atoms with E-state index < -0.39 is 28.4 Å². The molecule has 1 amide bonds. The fourth-order valence-corrected chi connectivity index (χ4v) is 4.24. The lowest BCUT2D eigenvalue weighted by molar-refractivity contribution is -0.384. The van der Waals surface area contributed by atoms with E-state index in [9.17, 15) is 24.8 Å². The summed E-state index contributed by atoms with van der Waals surface area (Å²) in [6.07, 6.45) is 0.596. The maximum atomic E-state index is 13.6. The number of carbonyl (C=O) groups is 2. The van der Waals surface area contributed by atoms with Gasteiger partial charge in [-0.15, -0.1) is 0 Å². The Labute approximate surface area is 201 Å². The molecule has 4 rings (SSSR count). The number of furan rings is 1. The third-order valence-corrected chi connectivity index (χ3v) is 5.92. The highest BCUT2D eigenvalue weighted by atomic mass is 16.6. The Kier molecular flexibility index (Phi) is 6.57. The Balaban J connectivity index is 1.77. The normalized spacial score (nSPS) is 15.9. The third-order valence-electron chi connectivity index (χ3n) is 5.92. The predicted molar refractivity (Wildman–Crippen MR) is 127 cm³/mol. The van der Waals surface area contributed by atoms with E-state index in [2.05, 4.69) is 0 Å². The van der Waals surface area contributed by atoms with E-state index in [1.807, 2.05) is 19.0 Å². The molecule has 1 aliphatic rings. The minimum absolute atomic E-state index is 0.0547. The van der Waals surface area contributed by atoms with E-state index >= 15 is 0 Å². The molecule has 0 spiro atoms. The van der Waals surface area contributed by atoms with Gasteiger partial charge in [0.05, 0.1) is 23.6 Å². The number of benzene rings is 2. The molecule has 0 radical (unpaired) electrons. The number of ketones is 1. The summed E-state index contributed by atoms with van der Waals surface area (Å²) >= 11 is 0. The molecule has 0 fully saturated rings. The van der Waals surface area contributed by atoms with Gasteiger partial charge in [-0.2, -0.15) is 0 Å². The smallest absolute Gasteiger partial charge is 0.290 e. The number of carbonyl (C=O) groups excluding carboxylic acids is 2. The maximum absolute atomic E-state index is 13.6. The molecule has 10 nitrogen and oxygen atoms in total. The number of non-ortho nitro benzene ring substituents is 1. The molecule has 2 heterocycles. The van der Waals surface area contributed by atoms with Crippen molar-refractivity contribution in [1.82, 2.24) is 9.80 Å². The van der Waals surface area contributed by atoms with Crippen LogP contribution in [0.2, 0.25) is 0 Å². The molecule has 0 unspecified atom stereocenters. The molecule has 0 aliphatic carbocycles. The Morgan fingerprint density at radius 2 is 1.94 bits per heavy atom. The van der Waals surface area contributed by atoms with Gasteiger partial charge in [0.25, 0.3) is 11.6 Å². The van der Waals surface area contributed by atoms with Gasteiger partial charge in [-0.1, -0.05) is 12.1 Å². The summed E-state index contributed by atoms with van der Waals surface area (Å²) in [6.45, 7) is 0.956. The molecule has 0 saturated carbocycles. The summed E-state index contributed by atoms with van der Waals surface area (Å²) in [4.78, 5) is 40.6. The zero-order valence-corrected chi connectivity index (χ0v) is 19.6. The van der Waals surface area contributed by atoms with Crippen LogP contribution in [0.1, 0.15) is 28.6 Å². The number of amides is 1. The summed E-state index contributed by atoms with van der Waals surface area (Å²) < 4.78 is 11.1. The Morgan fingerprint density at radius 1 is 1.23 bits per heavy atom. The van der Waals surface area contributed by atoms with Crippen LogP contribution in [-0.4, -0.2) is 65.8 Å². The molecule has 1 atom stereocenters. The third kappa shape index (κ3) is 4.47. The summed E-state index contributed by atoms with van der Waals surface area (Å²) in [5, 5.41) is 22.5. The lowest BCUT2D eigenvalue weighted by Gasteiger charge is -2.27. The van der Waals surface area contributed by atoms with E-state index in [0.717, 1.165) is 0 Å². The number of nitrogens with zero attached hydrogens (tertiary/aromatic N) is 3. The fraction of sp³-hybridized carbons (Fsp3) is 0.280. The van der Waals surface area contributed by atoms with Gasteiger partial charge >= 0.3 is 0 Å². The maximum Gasteiger partial charge on any atom is 0.290 e. The number of methoxy groups -OCH3 is 1. The number of rotatable bonds is 9. The van der Waals surface area contributed by atoms with E-state index in [1.54, 1.807) is 18.2 Å². The Bertz CT molecular complexity index is 1320. The molecule has 3 aromatic rings. The molecule has 182 valence electrons. The van der Waals surface area contributed by atoms with Gasteiger partial charge in [-0.05, 0) is 56.9 Å². The second-order valence-electron chi connectivity index (χ2n) is 8.49. The Morgan fingerprint density at radius 3 is 2.57 bits per heavy atom. The second kappa shape index (κ2) is 9.59. The molecular weight excluding hydrogens is 454 g/mol. The monoisotopic (exact) mass is 479 g/mol. The molecule has 1 N–H and O–H groups in total. The zero-order valence-electron chi connectivity index (χ0n) is 19.6. The number of para-hydroxylation sites is 1. The number of nitro benzene ring substituents is 1. The van der Waals surface area contributed by atoms with Crippen LogP contribution < -0.4 is 4.74 Å². The van der Waals surface area contributed by atoms with Gasteiger partial charge in [-0.3, -0.25) is 19.7 Å². The van der Waals surface area contributed by atoms with Crippen molar-refractivity contribution in [2.24, 2.45) is 0 Å². The zero-order chi connectivity index (χ0) is 25.3. The van der Waals surface area contributed by atoms with Crippen molar-refractivity contribution in [3.8, 4) is 5.75 Å². The number of aliphatic hydroxyl groups excluding tert-OH is 1. The first-order valence-electron chi connectivity index (χ1n) is 11.0. The number of fused-ring (bicyclic) bond motifs is 1. The lowest BCUT2D eigenvalue weighted by atomic mass is 9.94. The van der Waals surface area contributed by atoms with Crippen LogP contribution in [0.25, 0.3) is 11.0 Å². The predicted octanol–water partition coefficient (Wildman–Crippen LogP) is 3.88. The standard InChI is InChI=1S/C25H25N3O7/c1-26(2)12-5-13-27-21(15-8-10-17(11-9-15)28(32)33)20(23(30)25(27)31)22(29)19-14-16-6-4-7-18(34-3)24(16)35-19/h4,6-11,14,21,30H,5,12-13H2,1-3H3/t21-/m1/s1. The number of nitro groups is 1. The van der Waals surface area contributed by atoms with Crippen molar-refractivity contribution >= 4 is 28.3 Å². The number of hydrogen-bond donors (Lipinski definition) is 1. The van der Waals surface area contributed by atoms with Crippen LogP contribution in [-0.2, 0) is 4.79 Å². The van der Waals surface area contributed by atoms with Crippen LogP contribution in [0.3, 0.4) is 0 Å². The lowest BCUT2D eigenvalue weighted by Crippen LogP contribution is -2.33.